The largest absolute Gasteiger partial charge is 0.393 e. The Morgan fingerprint density at radius 3 is 2.73 bits per heavy atom. The molecule has 4 N–H and O–H groups in total. The van der Waals surface area contributed by atoms with Crippen LogP contribution in [-0.2, 0) is 0 Å². The van der Waals surface area contributed by atoms with Crippen molar-refractivity contribution in [2.24, 2.45) is 0 Å². The summed E-state index contributed by atoms with van der Waals surface area (Å²) in [5.41, 5.74) is 3.89. The van der Waals surface area contributed by atoms with Crippen molar-refractivity contribution in [3.8, 4) is 0 Å². The molecule has 0 spiro atoms. The highest BCUT2D eigenvalue weighted by molar-refractivity contribution is 6.09. The highest BCUT2D eigenvalue weighted by Gasteiger charge is 2.27. The molecule has 0 amide bonds. The van der Waals surface area contributed by atoms with Gasteiger partial charge in [-0.05, 0) is 17.7 Å². The Bertz CT molecular complexity index is 842. The average Bonchev–Trinajstić information content (AvgIpc) is 2.63. The van der Waals surface area contributed by atoms with E-state index in [-0.39, 0.29) is 0 Å². The van der Waals surface area contributed by atoms with E-state index in [0.29, 0.717) is 13.1 Å². The molecule has 134 valence electrons. The van der Waals surface area contributed by atoms with Gasteiger partial charge in [0.05, 0.1) is 13.1 Å². The molecular formula is C19H21FN6. The van der Waals surface area contributed by atoms with Crippen LogP contribution < -0.4 is 15.5 Å². The maximum absolute atomic E-state index is 13.1. The van der Waals surface area contributed by atoms with Crippen LogP contribution in [0.25, 0.3) is 5.57 Å². The normalized spacial score (nSPS) is 14.5. The summed E-state index contributed by atoms with van der Waals surface area (Å²) in [4.78, 5) is 6.17. The van der Waals surface area contributed by atoms with Gasteiger partial charge < -0.3 is 26.4 Å². The van der Waals surface area contributed by atoms with Crippen LogP contribution in [0, 0.1) is 10.8 Å². The molecule has 3 rings (SSSR count). The predicted octanol–water partition coefficient (Wildman–Crippen LogP) is 3.19. The lowest BCUT2D eigenvalue weighted by Crippen LogP contribution is -2.48. The van der Waals surface area contributed by atoms with Gasteiger partial charge in [-0.1, -0.05) is 12.1 Å². The van der Waals surface area contributed by atoms with E-state index in [1.54, 1.807) is 19.4 Å². The molecule has 26 heavy (non-hydrogen) atoms. The smallest absolute Gasteiger partial charge is 0.135 e. The lowest BCUT2D eigenvalue weighted by Gasteiger charge is -2.35. The summed E-state index contributed by atoms with van der Waals surface area (Å²) in [7, 11) is 1.78. The van der Waals surface area contributed by atoms with Gasteiger partial charge in [-0.3, -0.25) is 0 Å². The molecule has 1 saturated heterocycles. The lowest BCUT2D eigenvalue weighted by molar-refractivity contribution is 0.273. The zero-order chi connectivity index (χ0) is 18.5. The summed E-state index contributed by atoms with van der Waals surface area (Å²) in [6, 6.07) is 9.31. The molecular weight excluding hydrogens is 331 g/mol. The Morgan fingerprint density at radius 1 is 1.27 bits per heavy atom. The Kier molecular flexibility index (Phi) is 5.26. The van der Waals surface area contributed by atoms with E-state index in [9.17, 15) is 4.39 Å². The van der Waals surface area contributed by atoms with Crippen LogP contribution in [-0.4, -0.2) is 43.7 Å². The first-order chi connectivity index (χ1) is 12.6. The SMILES string of the molecule is CN/C=C(\C=N)c1ccc(C=N)c(Nc2ccnc(N3CC(F)C3)c2)c1. The number of pyridine rings is 1. The number of benzene rings is 1. The first-order valence-corrected chi connectivity index (χ1v) is 8.29. The minimum atomic E-state index is -0.784. The van der Waals surface area contributed by atoms with Crippen LogP contribution in [0.2, 0.25) is 0 Å². The van der Waals surface area contributed by atoms with Crippen molar-refractivity contribution in [3.63, 3.8) is 0 Å². The lowest BCUT2D eigenvalue weighted by atomic mass is 10.0. The minimum absolute atomic E-state index is 0.370. The maximum atomic E-state index is 13.1. The van der Waals surface area contributed by atoms with Crippen LogP contribution in [0.4, 0.5) is 21.6 Å². The van der Waals surface area contributed by atoms with E-state index in [4.69, 9.17) is 10.8 Å². The van der Waals surface area contributed by atoms with E-state index >= 15 is 0 Å². The number of aromatic nitrogens is 1. The number of allylic oxidation sites excluding steroid dienone is 1. The fraction of sp³-hybridized carbons (Fsp3) is 0.211. The highest BCUT2D eigenvalue weighted by Crippen LogP contribution is 2.27. The minimum Gasteiger partial charge on any atom is -0.393 e. The molecule has 6 nitrogen and oxygen atoms in total. The second-order valence-electron chi connectivity index (χ2n) is 6.01. The summed E-state index contributed by atoms with van der Waals surface area (Å²) in [6.45, 7) is 0.740. The van der Waals surface area contributed by atoms with Gasteiger partial charge in [0.1, 0.15) is 12.0 Å². The summed E-state index contributed by atoms with van der Waals surface area (Å²) < 4.78 is 13.1. The Labute approximate surface area is 151 Å². The van der Waals surface area contributed by atoms with Gasteiger partial charge in [0.2, 0.25) is 0 Å². The molecule has 0 saturated carbocycles. The van der Waals surface area contributed by atoms with E-state index in [1.165, 1.54) is 12.4 Å². The van der Waals surface area contributed by atoms with Crippen molar-refractivity contribution in [2.45, 2.75) is 6.17 Å². The summed E-state index contributed by atoms with van der Waals surface area (Å²) in [5, 5.41) is 21.4. The van der Waals surface area contributed by atoms with E-state index in [2.05, 4.69) is 15.6 Å². The van der Waals surface area contributed by atoms with Gasteiger partial charge in [0.15, 0.2) is 0 Å². The summed E-state index contributed by atoms with van der Waals surface area (Å²) in [5.74, 6) is 0.728. The quantitative estimate of drug-likeness (QED) is 0.576. The predicted molar refractivity (Wildman–Crippen MR) is 105 cm³/mol. The number of anilines is 3. The maximum Gasteiger partial charge on any atom is 0.135 e. The number of nitrogens with one attached hydrogen (secondary N) is 4. The number of hydrogen-bond donors (Lipinski definition) is 4. The van der Waals surface area contributed by atoms with Crippen molar-refractivity contribution in [1.82, 2.24) is 10.3 Å². The average molecular weight is 352 g/mol. The zero-order valence-corrected chi connectivity index (χ0v) is 14.5. The molecule has 0 atom stereocenters. The number of nitrogens with zero attached hydrogens (tertiary/aromatic N) is 2. The molecule has 0 unspecified atom stereocenters. The Hall–Kier alpha value is -3.22. The zero-order valence-electron chi connectivity index (χ0n) is 14.5. The molecule has 1 aliphatic rings. The van der Waals surface area contributed by atoms with Gasteiger partial charge in [-0.25, -0.2) is 9.37 Å². The van der Waals surface area contributed by atoms with Gasteiger partial charge >= 0.3 is 0 Å². The van der Waals surface area contributed by atoms with Crippen LogP contribution in [0.5, 0.6) is 0 Å². The van der Waals surface area contributed by atoms with Crippen LogP contribution in [0.1, 0.15) is 11.1 Å². The number of halogens is 1. The highest BCUT2D eigenvalue weighted by atomic mass is 19.1. The molecule has 7 heteroatoms. The molecule has 1 aromatic carbocycles. The Balaban J connectivity index is 1.89. The number of rotatable bonds is 7. The van der Waals surface area contributed by atoms with Crippen LogP contribution in [0.15, 0.2) is 42.7 Å². The van der Waals surface area contributed by atoms with E-state index in [0.717, 1.165) is 33.9 Å². The number of alkyl halides is 1. The van der Waals surface area contributed by atoms with Gasteiger partial charge in [-0.15, -0.1) is 0 Å². The first kappa shape index (κ1) is 17.6. The van der Waals surface area contributed by atoms with Crippen molar-refractivity contribution in [1.29, 1.82) is 10.8 Å². The molecule has 2 heterocycles. The van der Waals surface area contributed by atoms with E-state index < -0.39 is 6.17 Å². The van der Waals surface area contributed by atoms with Gasteiger partial charge in [-0.2, -0.15) is 0 Å². The standard InChI is InChI=1S/C19H21FN6/c1-23-10-15(9-22)13-2-3-14(8-21)18(6-13)25-17-4-5-24-19(7-17)26-11-16(20)12-26/h2-10,16,21-23H,11-12H2,1H3,(H,24,25)/b15-10+,21-8?,22-9?. The number of hydrogen-bond acceptors (Lipinski definition) is 6. The molecule has 2 aromatic rings. The molecule has 0 radical (unpaired) electrons. The molecule has 1 aromatic heterocycles. The first-order valence-electron chi connectivity index (χ1n) is 8.29. The molecule has 0 aliphatic carbocycles. The van der Waals surface area contributed by atoms with Crippen LogP contribution in [0.3, 0.4) is 0 Å². The molecule has 1 aliphatic heterocycles. The van der Waals surface area contributed by atoms with Crippen molar-refractivity contribution < 1.29 is 4.39 Å². The summed E-state index contributed by atoms with van der Waals surface area (Å²) in [6.07, 6.45) is 5.21. The third kappa shape index (κ3) is 3.72. The fourth-order valence-corrected chi connectivity index (χ4v) is 2.77. The van der Waals surface area contributed by atoms with Crippen LogP contribution >= 0.6 is 0 Å². The summed E-state index contributed by atoms with van der Waals surface area (Å²) >= 11 is 0. The second-order valence-corrected chi connectivity index (χ2v) is 6.01. The van der Waals surface area contributed by atoms with Crippen molar-refractivity contribution >= 4 is 35.2 Å². The third-order valence-electron chi connectivity index (χ3n) is 4.18. The van der Waals surface area contributed by atoms with Gasteiger partial charge in [0, 0.05) is 60.5 Å². The van der Waals surface area contributed by atoms with Gasteiger partial charge in [0.25, 0.3) is 0 Å². The topological polar surface area (TPSA) is 87.9 Å². The molecule has 0 bridgehead atoms. The molecule has 1 fully saturated rings. The Morgan fingerprint density at radius 2 is 2.08 bits per heavy atom. The van der Waals surface area contributed by atoms with E-state index in [1.807, 2.05) is 35.2 Å². The second kappa shape index (κ2) is 7.77. The fourth-order valence-electron chi connectivity index (χ4n) is 2.77. The van der Waals surface area contributed by atoms with Crippen molar-refractivity contribution in [2.75, 3.05) is 30.4 Å². The monoisotopic (exact) mass is 352 g/mol. The third-order valence-corrected chi connectivity index (χ3v) is 4.18. The van der Waals surface area contributed by atoms with Crippen molar-refractivity contribution in [3.05, 3.63) is 53.9 Å².